The zero-order valence-corrected chi connectivity index (χ0v) is 12.9. The van der Waals surface area contributed by atoms with E-state index in [1.807, 2.05) is 0 Å². The van der Waals surface area contributed by atoms with Gasteiger partial charge >= 0.3 is 0 Å². The average molecular weight is 324 g/mol. The van der Waals surface area contributed by atoms with Crippen LogP contribution in [0.2, 0.25) is 5.02 Å². The molecular weight excluding hydrogens is 306 g/mol. The first-order chi connectivity index (χ1) is 10.5. The number of piperidine rings is 1. The molecule has 0 bridgehead atoms. The van der Waals surface area contributed by atoms with Gasteiger partial charge in [0.05, 0.1) is 4.92 Å². The van der Waals surface area contributed by atoms with Crippen LogP contribution >= 0.6 is 11.6 Å². The summed E-state index contributed by atoms with van der Waals surface area (Å²) in [5.74, 6) is 0.108. The number of halogens is 1. The van der Waals surface area contributed by atoms with E-state index in [2.05, 4.69) is 10.6 Å². The first-order valence-electron chi connectivity index (χ1n) is 7.43. The molecule has 1 aliphatic carbocycles. The predicted octanol–water partition coefficient (Wildman–Crippen LogP) is 2.25. The van der Waals surface area contributed by atoms with Crippen LogP contribution in [-0.2, 0) is 11.3 Å². The summed E-state index contributed by atoms with van der Waals surface area (Å²) < 4.78 is 0. The molecule has 1 saturated heterocycles. The molecule has 1 aromatic rings. The van der Waals surface area contributed by atoms with Crippen LogP contribution in [0.25, 0.3) is 0 Å². The van der Waals surface area contributed by atoms with Gasteiger partial charge in [-0.3, -0.25) is 14.9 Å². The predicted molar refractivity (Wildman–Crippen MR) is 82.6 cm³/mol. The number of hydrogen-bond donors (Lipinski definition) is 2. The third-order valence-corrected chi connectivity index (χ3v) is 5.17. The van der Waals surface area contributed by atoms with E-state index in [0.717, 1.165) is 32.4 Å². The van der Waals surface area contributed by atoms with E-state index in [1.54, 1.807) is 0 Å². The van der Waals surface area contributed by atoms with E-state index in [4.69, 9.17) is 11.6 Å². The SMILES string of the molecule is O=C(NCc1cc([N+](=O)[O-])ccc1Cl)C1CC12CCNCC2. The van der Waals surface area contributed by atoms with E-state index in [1.165, 1.54) is 18.2 Å². The Kier molecular flexibility index (Phi) is 4.06. The van der Waals surface area contributed by atoms with E-state index >= 15 is 0 Å². The number of non-ortho nitro benzene ring substituents is 1. The van der Waals surface area contributed by atoms with Crippen LogP contribution in [0.3, 0.4) is 0 Å². The Morgan fingerprint density at radius 2 is 2.18 bits per heavy atom. The van der Waals surface area contributed by atoms with Gasteiger partial charge in [-0.2, -0.15) is 0 Å². The maximum Gasteiger partial charge on any atom is 0.269 e. The lowest BCUT2D eigenvalue weighted by Gasteiger charge is -2.23. The number of amides is 1. The molecule has 1 spiro atoms. The smallest absolute Gasteiger partial charge is 0.269 e. The lowest BCUT2D eigenvalue weighted by Crippen LogP contribution is -2.33. The summed E-state index contributed by atoms with van der Waals surface area (Å²) in [6.07, 6.45) is 3.04. The first-order valence-corrected chi connectivity index (χ1v) is 7.81. The van der Waals surface area contributed by atoms with Gasteiger partial charge in [0.1, 0.15) is 0 Å². The highest BCUT2D eigenvalue weighted by Gasteiger charge is 2.57. The van der Waals surface area contributed by atoms with E-state index in [0.29, 0.717) is 10.6 Å². The molecule has 1 saturated carbocycles. The molecular formula is C15H18ClN3O3. The van der Waals surface area contributed by atoms with Gasteiger partial charge in [0.15, 0.2) is 0 Å². The highest BCUT2D eigenvalue weighted by molar-refractivity contribution is 6.31. The molecule has 7 heteroatoms. The van der Waals surface area contributed by atoms with Crippen molar-refractivity contribution < 1.29 is 9.72 Å². The fraction of sp³-hybridized carbons (Fsp3) is 0.533. The Bertz CT molecular complexity index is 614. The molecule has 1 aliphatic heterocycles. The Labute approximate surface area is 133 Å². The monoisotopic (exact) mass is 323 g/mol. The largest absolute Gasteiger partial charge is 0.352 e. The van der Waals surface area contributed by atoms with Crippen molar-refractivity contribution in [2.45, 2.75) is 25.8 Å². The van der Waals surface area contributed by atoms with Crippen molar-refractivity contribution in [2.24, 2.45) is 11.3 Å². The van der Waals surface area contributed by atoms with Crippen LogP contribution in [-0.4, -0.2) is 23.9 Å². The molecule has 3 rings (SSSR count). The molecule has 2 N–H and O–H groups in total. The maximum absolute atomic E-state index is 12.3. The number of nitro groups is 1. The Balaban J connectivity index is 1.60. The van der Waals surface area contributed by atoms with Gasteiger partial charge in [-0.1, -0.05) is 11.6 Å². The van der Waals surface area contributed by atoms with Gasteiger partial charge in [-0.15, -0.1) is 0 Å². The quantitative estimate of drug-likeness (QED) is 0.657. The average Bonchev–Trinajstić information content (AvgIpc) is 3.20. The minimum Gasteiger partial charge on any atom is -0.352 e. The Hall–Kier alpha value is -1.66. The highest BCUT2D eigenvalue weighted by atomic mass is 35.5. The van der Waals surface area contributed by atoms with Gasteiger partial charge in [0.25, 0.3) is 5.69 Å². The summed E-state index contributed by atoms with van der Waals surface area (Å²) in [4.78, 5) is 22.6. The van der Waals surface area contributed by atoms with Crippen LogP contribution in [0, 0.1) is 21.4 Å². The maximum atomic E-state index is 12.3. The number of rotatable bonds is 4. The van der Waals surface area contributed by atoms with E-state index in [-0.39, 0.29) is 29.5 Å². The minimum absolute atomic E-state index is 0.0186. The number of nitrogens with zero attached hydrogens (tertiary/aromatic N) is 1. The Morgan fingerprint density at radius 3 is 2.86 bits per heavy atom. The normalized spacial score (nSPS) is 22.3. The molecule has 2 aliphatic rings. The Morgan fingerprint density at radius 1 is 1.45 bits per heavy atom. The standard InChI is InChI=1S/C15H18ClN3O3/c16-13-2-1-11(19(21)22)7-10(13)9-18-14(20)12-8-15(12)3-5-17-6-4-15/h1-2,7,12,17H,3-6,8-9H2,(H,18,20). The molecule has 22 heavy (non-hydrogen) atoms. The summed E-state index contributed by atoms with van der Waals surface area (Å²) in [6.45, 7) is 2.17. The molecule has 1 aromatic carbocycles. The number of hydrogen-bond acceptors (Lipinski definition) is 4. The van der Waals surface area contributed by atoms with Crippen molar-refractivity contribution in [3.05, 3.63) is 38.9 Å². The fourth-order valence-electron chi connectivity index (χ4n) is 3.31. The van der Waals surface area contributed by atoms with Gasteiger partial charge in [0, 0.05) is 29.6 Å². The summed E-state index contributed by atoms with van der Waals surface area (Å²) >= 11 is 6.04. The summed E-state index contributed by atoms with van der Waals surface area (Å²) in [7, 11) is 0. The summed E-state index contributed by atoms with van der Waals surface area (Å²) in [6, 6.07) is 4.26. The first kappa shape index (κ1) is 15.2. The van der Waals surface area contributed by atoms with E-state index < -0.39 is 4.92 Å². The molecule has 6 nitrogen and oxygen atoms in total. The van der Waals surface area contributed by atoms with Gasteiger partial charge in [-0.25, -0.2) is 0 Å². The molecule has 0 aromatic heterocycles. The van der Waals surface area contributed by atoms with Crippen molar-refractivity contribution in [2.75, 3.05) is 13.1 Å². The van der Waals surface area contributed by atoms with Crippen molar-refractivity contribution in [3.63, 3.8) is 0 Å². The van der Waals surface area contributed by atoms with Gasteiger partial charge in [-0.05, 0) is 49.4 Å². The topological polar surface area (TPSA) is 84.3 Å². The number of nitrogens with one attached hydrogen (secondary N) is 2. The van der Waals surface area contributed by atoms with Crippen molar-refractivity contribution in [1.82, 2.24) is 10.6 Å². The fourth-order valence-corrected chi connectivity index (χ4v) is 3.50. The molecule has 1 heterocycles. The van der Waals surface area contributed by atoms with Gasteiger partial charge in [0.2, 0.25) is 5.91 Å². The molecule has 0 radical (unpaired) electrons. The number of nitro benzene ring substituents is 1. The zero-order valence-electron chi connectivity index (χ0n) is 12.1. The second kappa shape index (κ2) is 5.85. The third-order valence-electron chi connectivity index (χ3n) is 4.80. The van der Waals surface area contributed by atoms with Crippen LogP contribution < -0.4 is 10.6 Å². The van der Waals surface area contributed by atoms with Crippen molar-refractivity contribution >= 4 is 23.2 Å². The summed E-state index contributed by atoms with van der Waals surface area (Å²) in [5, 5.41) is 17.4. The molecule has 1 amide bonds. The zero-order chi connectivity index (χ0) is 15.7. The van der Waals surface area contributed by atoms with Crippen LogP contribution in [0.4, 0.5) is 5.69 Å². The lowest BCUT2D eigenvalue weighted by atomic mass is 9.92. The second-order valence-electron chi connectivity index (χ2n) is 6.12. The minimum atomic E-state index is -0.466. The molecule has 118 valence electrons. The summed E-state index contributed by atoms with van der Waals surface area (Å²) in [5.41, 5.74) is 0.737. The van der Waals surface area contributed by atoms with Crippen molar-refractivity contribution in [3.8, 4) is 0 Å². The number of carbonyl (C=O) groups is 1. The second-order valence-corrected chi connectivity index (χ2v) is 6.53. The van der Waals surface area contributed by atoms with Crippen LogP contribution in [0.15, 0.2) is 18.2 Å². The number of benzene rings is 1. The van der Waals surface area contributed by atoms with Crippen LogP contribution in [0.1, 0.15) is 24.8 Å². The molecule has 1 atom stereocenters. The molecule has 1 unspecified atom stereocenters. The van der Waals surface area contributed by atoms with E-state index in [9.17, 15) is 14.9 Å². The molecule has 2 fully saturated rings. The van der Waals surface area contributed by atoms with Gasteiger partial charge < -0.3 is 10.6 Å². The van der Waals surface area contributed by atoms with Crippen LogP contribution in [0.5, 0.6) is 0 Å². The number of carbonyl (C=O) groups excluding carboxylic acids is 1. The van der Waals surface area contributed by atoms with Crippen molar-refractivity contribution in [1.29, 1.82) is 0 Å². The highest BCUT2D eigenvalue weighted by Crippen LogP contribution is 2.58. The third kappa shape index (κ3) is 2.94. The lowest BCUT2D eigenvalue weighted by molar-refractivity contribution is -0.384.